The molecule has 0 radical (unpaired) electrons. The number of rotatable bonds is 7. The molecule has 0 saturated carbocycles. The number of oxazole rings is 1. The minimum absolute atomic E-state index is 0.199. The summed E-state index contributed by atoms with van der Waals surface area (Å²) < 4.78 is 13.1. The van der Waals surface area contributed by atoms with Gasteiger partial charge in [-0.1, -0.05) is 23.7 Å². The van der Waals surface area contributed by atoms with Gasteiger partial charge >= 0.3 is 0 Å². The van der Waals surface area contributed by atoms with Gasteiger partial charge in [0.15, 0.2) is 11.3 Å². The highest BCUT2D eigenvalue weighted by Crippen LogP contribution is 2.34. The number of anilines is 1. The molecule has 1 aliphatic rings. The van der Waals surface area contributed by atoms with Crippen molar-refractivity contribution in [1.82, 2.24) is 25.1 Å². The maximum Gasteiger partial charge on any atom is 0.273 e. The van der Waals surface area contributed by atoms with Gasteiger partial charge in [-0.3, -0.25) is 4.79 Å². The number of carbonyl (C=O) groups is 1. The van der Waals surface area contributed by atoms with Crippen LogP contribution in [0.15, 0.2) is 47.3 Å². The molecule has 0 spiro atoms. The Morgan fingerprint density at radius 2 is 2.00 bits per heavy atom. The monoisotopic (exact) mass is 480 g/mol. The summed E-state index contributed by atoms with van der Waals surface area (Å²) in [7, 11) is 0. The van der Waals surface area contributed by atoms with Crippen LogP contribution in [0, 0.1) is 0 Å². The number of benzene rings is 1. The van der Waals surface area contributed by atoms with Gasteiger partial charge in [-0.05, 0) is 37.5 Å². The molecule has 0 aliphatic carbocycles. The third-order valence-corrected chi connectivity index (χ3v) is 6.12. The van der Waals surface area contributed by atoms with Crippen LogP contribution in [0.25, 0.3) is 22.5 Å². The Hall–Kier alpha value is -3.43. The van der Waals surface area contributed by atoms with E-state index < -0.39 is 0 Å². The highest BCUT2D eigenvalue weighted by atomic mass is 35.5. The summed E-state index contributed by atoms with van der Waals surface area (Å²) in [5.74, 6) is 0.00146. The maximum atomic E-state index is 12.7. The number of nitrogens with zero attached hydrogens (tertiary/aromatic N) is 4. The molecule has 4 heterocycles. The number of nitrogens with one attached hydrogen (secondary N) is 2. The van der Waals surface area contributed by atoms with Crippen LogP contribution < -0.4 is 10.6 Å². The van der Waals surface area contributed by atoms with Gasteiger partial charge < -0.3 is 19.8 Å². The smallest absolute Gasteiger partial charge is 0.273 e. The van der Waals surface area contributed by atoms with E-state index >= 15 is 0 Å². The summed E-state index contributed by atoms with van der Waals surface area (Å²) in [6.07, 6.45) is 6.69. The van der Waals surface area contributed by atoms with E-state index in [9.17, 15) is 4.79 Å². The Morgan fingerprint density at radius 1 is 1.21 bits per heavy atom. The van der Waals surface area contributed by atoms with Gasteiger partial charge in [0.25, 0.3) is 5.91 Å². The van der Waals surface area contributed by atoms with Crippen LogP contribution in [-0.2, 0) is 17.8 Å². The SMILES string of the molecule is CCn1ncc2c(NC3CCOCC3)c(-c3nc(C(=O)NCc4ccc(Cl)cc4)co3)cnc21. The summed E-state index contributed by atoms with van der Waals surface area (Å²) in [4.78, 5) is 21.7. The predicted molar refractivity (Wildman–Crippen MR) is 129 cm³/mol. The van der Waals surface area contributed by atoms with E-state index in [1.165, 1.54) is 6.26 Å². The third-order valence-electron chi connectivity index (χ3n) is 5.87. The van der Waals surface area contributed by atoms with Crippen molar-refractivity contribution >= 4 is 34.2 Å². The average molecular weight is 481 g/mol. The Labute approximate surface area is 201 Å². The van der Waals surface area contributed by atoms with Crippen LogP contribution in [-0.4, -0.2) is 44.9 Å². The molecule has 1 amide bonds. The summed E-state index contributed by atoms with van der Waals surface area (Å²) in [5.41, 5.74) is 3.46. The number of aryl methyl sites for hydroxylation is 1. The molecule has 9 nitrogen and oxygen atoms in total. The van der Waals surface area contributed by atoms with Crippen molar-refractivity contribution < 1.29 is 13.9 Å². The molecule has 2 N–H and O–H groups in total. The van der Waals surface area contributed by atoms with Crippen LogP contribution in [0.3, 0.4) is 0 Å². The molecular formula is C24H25ClN6O3. The Kier molecular flexibility index (Phi) is 6.46. The van der Waals surface area contributed by atoms with Crippen molar-refractivity contribution in [2.75, 3.05) is 18.5 Å². The molecule has 1 aromatic carbocycles. The molecule has 3 aromatic heterocycles. The Morgan fingerprint density at radius 3 is 2.76 bits per heavy atom. The number of ether oxygens (including phenoxy) is 1. The van der Waals surface area contributed by atoms with Crippen LogP contribution in [0.4, 0.5) is 5.69 Å². The molecule has 0 atom stereocenters. The van der Waals surface area contributed by atoms with Crippen molar-refractivity contribution in [3.63, 3.8) is 0 Å². The molecule has 10 heteroatoms. The first-order valence-electron chi connectivity index (χ1n) is 11.3. The average Bonchev–Trinajstić information content (AvgIpc) is 3.52. The van der Waals surface area contributed by atoms with Crippen molar-refractivity contribution in [2.24, 2.45) is 0 Å². The Bertz CT molecular complexity index is 1290. The van der Waals surface area contributed by atoms with Crippen LogP contribution in [0.2, 0.25) is 5.02 Å². The van der Waals surface area contributed by atoms with Gasteiger partial charge in [0.2, 0.25) is 5.89 Å². The van der Waals surface area contributed by atoms with E-state index in [0.717, 1.165) is 35.1 Å². The maximum absolute atomic E-state index is 12.7. The zero-order valence-corrected chi connectivity index (χ0v) is 19.5. The van der Waals surface area contributed by atoms with E-state index in [2.05, 4.69) is 25.7 Å². The zero-order chi connectivity index (χ0) is 23.5. The topological polar surface area (TPSA) is 107 Å². The zero-order valence-electron chi connectivity index (χ0n) is 18.8. The summed E-state index contributed by atoms with van der Waals surface area (Å²) >= 11 is 5.92. The van der Waals surface area contributed by atoms with Crippen molar-refractivity contribution in [2.45, 2.75) is 38.9 Å². The highest BCUT2D eigenvalue weighted by molar-refractivity contribution is 6.30. The van der Waals surface area contributed by atoms with Crippen molar-refractivity contribution in [1.29, 1.82) is 0 Å². The second-order valence-corrected chi connectivity index (χ2v) is 8.56. The molecule has 1 saturated heterocycles. The number of halogens is 1. The van der Waals surface area contributed by atoms with Crippen molar-refractivity contribution in [3.05, 3.63) is 59.2 Å². The van der Waals surface area contributed by atoms with Gasteiger partial charge in [0.05, 0.1) is 22.8 Å². The normalized spacial score (nSPS) is 14.4. The van der Waals surface area contributed by atoms with E-state index in [1.54, 1.807) is 24.5 Å². The van der Waals surface area contributed by atoms with Gasteiger partial charge in [-0.25, -0.2) is 14.6 Å². The van der Waals surface area contributed by atoms with E-state index in [1.807, 2.05) is 23.7 Å². The van der Waals surface area contributed by atoms with Crippen molar-refractivity contribution in [3.8, 4) is 11.5 Å². The summed E-state index contributed by atoms with van der Waals surface area (Å²) in [6.45, 7) is 4.53. The lowest BCUT2D eigenvalue weighted by Crippen LogP contribution is -2.28. The fraction of sp³-hybridized carbons (Fsp3) is 0.333. The fourth-order valence-corrected chi connectivity index (χ4v) is 4.12. The lowest BCUT2D eigenvalue weighted by Gasteiger charge is -2.25. The van der Waals surface area contributed by atoms with E-state index in [4.69, 9.17) is 20.8 Å². The third kappa shape index (κ3) is 4.62. The first-order chi connectivity index (χ1) is 16.6. The molecule has 1 fully saturated rings. The standard InChI is InChI=1S/C24H25ClN6O3/c1-2-31-22-18(13-28-31)21(29-17-7-9-33-10-8-17)19(12-26-22)24-30-20(14-34-24)23(32)27-11-15-3-5-16(25)6-4-15/h3-6,12-14,17H,2,7-11H2,1H3,(H,26,29)(H,27,32). The number of hydrogen-bond donors (Lipinski definition) is 2. The number of aromatic nitrogens is 4. The fourth-order valence-electron chi connectivity index (χ4n) is 4.00. The molecular weight excluding hydrogens is 456 g/mol. The number of fused-ring (bicyclic) bond motifs is 1. The quantitative estimate of drug-likeness (QED) is 0.406. The molecule has 1 aliphatic heterocycles. The predicted octanol–water partition coefficient (Wildman–Crippen LogP) is 4.28. The first kappa shape index (κ1) is 22.4. The summed E-state index contributed by atoms with van der Waals surface area (Å²) in [5, 5.41) is 12.5. The lowest BCUT2D eigenvalue weighted by molar-refractivity contribution is 0.0904. The number of carbonyl (C=O) groups excluding carboxylic acids is 1. The van der Waals surface area contributed by atoms with Gasteiger partial charge in [-0.15, -0.1) is 0 Å². The van der Waals surface area contributed by atoms with Crippen LogP contribution >= 0.6 is 11.6 Å². The number of amides is 1. The van der Waals surface area contributed by atoms with Gasteiger partial charge in [0.1, 0.15) is 6.26 Å². The minimum Gasteiger partial charge on any atom is -0.443 e. The van der Waals surface area contributed by atoms with Crippen LogP contribution in [0.5, 0.6) is 0 Å². The Balaban J connectivity index is 1.41. The highest BCUT2D eigenvalue weighted by Gasteiger charge is 2.23. The largest absolute Gasteiger partial charge is 0.443 e. The second kappa shape index (κ2) is 9.82. The number of pyridine rings is 1. The minimum atomic E-state index is -0.322. The second-order valence-electron chi connectivity index (χ2n) is 8.12. The molecule has 0 unspecified atom stereocenters. The molecule has 4 aromatic rings. The molecule has 34 heavy (non-hydrogen) atoms. The summed E-state index contributed by atoms with van der Waals surface area (Å²) in [6, 6.07) is 7.55. The molecule has 5 rings (SSSR count). The van der Waals surface area contributed by atoms with E-state index in [0.29, 0.717) is 42.8 Å². The molecule has 176 valence electrons. The van der Waals surface area contributed by atoms with Gasteiger partial charge in [-0.2, -0.15) is 5.10 Å². The first-order valence-corrected chi connectivity index (χ1v) is 11.7. The van der Waals surface area contributed by atoms with E-state index in [-0.39, 0.29) is 17.6 Å². The van der Waals surface area contributed by atoms with Gasteiger partial charge in [0, 0.05) is 43.6 Å². The molecule has 0 bridgehead atoms. The lowest BCUT2D eigenvalue weighted by atomic mass is 10.1. The van der Waals surface area contributed by atoms with Crippen LogP contribution in [0.1, 0.15) is 35.8 Å². The number of hydrogen-bond acceptors (Lipinski definition) is 7.